The van der Waals surface area contributed by atoms with Crippen LogP contribution < -0.4 is 4.90 Å². The summed E-state index contributed by atoms with van der Waals surface area (Å²) in [6.07, 6.45) is 14.8. The third-order valence-corrected chi connectivity index (χ3v) is 6.28. The molecule has 1 aliphatic heterocycles. The van der Waals surface area contributed by atoms with Gasteiger partial charge in [-0.2, -0.15) is 0 Å². The molecule has 1 aliphatic carbocycles. The molecule has 1 unspecified atom stereocenters. The Labute approximate surface area is 221 Å². The number of rotatable bonds is 5. The Morgan fingerprint density at radius 2 is 1.78 bits per heavy atom. The molecule has 0 fully saturated rings. The van der Waals surface area contributed by atoms with Crippen molar-refractivity contribution in [1.29, 1.82) is 0 Å². The van der Waals surface area contributed by atoms with Gasteiger partial charge in [-0.15, -0.1) is 0 Å². The van der Waals surface area contributed by atoms with E-state index in [4.69, 9.17) is 0 Å². The molecule has 0 saturated carbocycles. The van der Waals surface area contributed by atoms with Gasteiger partial charge in [-0.05, 0) is 82.0 Å². The van der Waals surface area contributed by atoms with Crippen LogP contribution in [0.15, 0.2) is 89.9 Å². The van der Waals surface area contributed by atoms with Crippen LogP contribution >= 0.6 is 0 Å². The van der Waals surface area contributed by atoms with Gasteiger partial charge in [-0.3, -0.25) is 4.90 Å². The number of hydrogen-bond acceptors (Lipinski definition) is 3. The van der Waals surface area contributed by atoms with Gasteiger partial charge in [0.15, 0.2) is 0 Å². The SMILES string of the molecule is C=C/C=C\C=C(/C)C1=CCC(C(=C)N2C(=C(C)C)CN(C)Cc3cc(O)ccc32)CC1.CC.CCC. The summed E-state index contributed by atoms with van der Waals surface area (Å²) in [6, 6.07) is 5.72. The lowest BCUT2D eigenvalue weighted by atomic mass is 9.84. The molecule has 3 heteroatoms. The topological polar surface area (TPSA) is 26.7 Å². The van der Waals surface area contributed by atoms with Crippen LogP contribution in [-0.4, -0.2) is 23.6 Å². The first-order valence-corrected chi connectivity index (χ1v) is 13.5. The first kappa shape index (κ1) is 31.3. The first-order valence-electron chi connectivity index (χ1n) is 13.5. The second-order valence-electron chi connectivity index (χ2n) is 9.64. The number of allylic oxidation sites excluding steroid dienone is 9. The van der Waals surface area contributed by atoms with Gasteiger partial charge in [0.25, 0.3) is 0 Å². The average Bonchev–Trinajstić information content (AvgIpc) is 3.01. The summed E-state index contributed by atoms with van der Waals surface area (Å²) in [5.41, 5.74) is 8.78. The number of fused-ring (bicyclic) bond motifs is 1. The van der Waals surface area contributed by atoms with Crippen molar-refractivity contribution in [1.82, 2.24) is 4.90 Å². The molecule has 1 aromatic carbocycles. The molecule has 198 valence electrons. The lowest BCUT2D eigenvalue weighted by Crippen LogP contribution is -2.31. The van der Waals surface area contributed by atoms with Gasteiger partial charge >= 0.3 is 0 Å². The van der Waals surface area contributed by atoms with Crippen molar-refractivity contribution in [2.45, 2.75) is 80.7 Å². The molecule has 2 aliphatic rings. The summed E-state index contributed by atoms with van der Waals surface area (Å²) < 4.78 is 0. The molecule has 36 heavy (non-hydrogen) atoms. The highest BCUT2D eigenvalue weighted by Gasteiger charge is 2.29. The van der Waals surface area contributed by atoms with Crippen LogP contribution in [-0.2, 0) is 6.54 Å². The minimum absolute atomic E-state index is 0.316. The molecular weight excluding hydrogens is 440 g/mol. The Kier molecular flexibility index (Phi) is 13.9. The Hall–Kier alpha value is -2.78. The van der Waals surface area contributed by atoms with E-state index >= 15 is 0 Å². The summed E-state index contributed by atoms with van der Waals surface area (Å²) >= 11 is 0. The minimum Gasteiger partial charge on any atom is -0.508 e. The maximum absolute atomic E-state index is 10.1. The average molecular weight is 491 g/mol. The van der Waals surface area contributed by atoms with Crippen molar-refractivity contribution in [2.24, 2.45) is 5.92 Å². The second-order valence-corrected chi connectivity index (χ2v) is 9.64. The van der Waals surface area contributed by atoms with Crippen LogP contribution in [0.2, 0.25) is 0 Å². The van der Waals surface area contributed by atoms with Crippen LogP contribution in [0, 0.1) is 5.92 Å². The van der Waals surface area contributed by atoms with Crippen LogP contribution in [0.3, 0.4) is 0 Å². The Balaban J connectivity index is 0.00000120. The number of anilines is 1. The van der Waals surface area contributed by atoms with Gasteiger partial charge in [0.1, 0.15) is 5.75 Å². The predicted molar refractivity (Wildman–Crippen MR) is 160 cm³/mol. The standard InChI is InChI=1S/C28H36N2O.C3H8.C2H6/c1-7-8-9-10-21(4)23-11-13-24(14-12-23)22(5)30-27-16-15-26(31)17-25(27)18-29(6)19-28(30)20(2)3;1-3-2;1-2/h7-11,15-17,24,31H,1,5,12-14,18-19H2,2-4,6H3;3H2,1-2H3;1-2H3/b9-8-,21-10+;;. The number of aromatic hydroxyl groups is 1. The fraction of sp³-hybridized carbons (Fsp3) is 0.455. The number of benzene rings is 1. The molecule has 1 heterocycles. The molecule has 3 rings (SSSR count). The van der Waals surface area contributed by atoms with E-state index in [0.29, 0.717) is 11.7 Å². The van der Waals surface area contributed by atoms with E-state index in [0.717, 1.165) is 49.3 Å². The quantitative estimate of drug-likeness (QED) is 0.417. The Morgan fingerprint density at radius 3 is 2.33 bits per heavy atom. The lowest BCUT2D eigenvalue weighted by molar-refractivity contribution is 0.357. The smallest absolute Gasteiger partial charge is 0.116 e. The van der Waals surface area contributed by atoms with Gasteiger partial charge in [0.2, 0.25) is 0 Å². The molecule has 0 bridgehead atoms. The summed E-state index contributed by atoms with van der Waals surface area (Å²) in [4.78, 5) is 4.67. The number of phenolic OH excluding ortho intramolecular Hbond substituents is 1. The van der Waals surface area contributed by atoms with E-state index in [1.54, 1.807) is 12.1 Å². The number of phenols is 1. The largest absolute Gasteiger partial charge is 0.508 e. The molecule has 1 aromatic rings. The maximum atomic E-state index is 10.1. The second kappa shape index (κ2) is 16.1. The van der Waals surface area contributed by atoms with Gasteiger partial charge in [-0.1, -0.05) is 83.2 Å². The summed E-state index contributed by atoms with van der Waals surface area (Å²) in [5.74, 6) is 0.719. The third kappa shape index (κ3) is 8.71. The molecule has 0 spiro atoms. The van der Waals surface area contributed by atoms with Crippen LogP contribution in [0.4, 0.5) is 5.69 Å². The maximum Gasteiger partial charge on any atom is 0.116 e. The number of hydrogen-bond donors (Lipinski definition) is 1. The fourth-order valence-electron chi connectivity index (χ4n) is 4.51. The minimum atomic E-state index is 0.316. The fourth-order valence-corrected chi connectivity index (χ4v) is 4.51. The molecule has 0 saturated heterocycles. The molecule has 0 radical (unpaired) electrons. The first-order chi connectivity index (χ1) is 17.2. The molecule has 3 nitrogen and oxygen atoms in total. The van der Waals surface area contributed by atoms with Crippen LogP contribution in [0.1, 0.15) is 79.7 Å². The van der Waals surface area contributed by atoms with Gasteiger partial charge < -0.3 is 10.0 Å². The van der Waals surface area contributed by atoms with E-state index in [1.807, 2.05) is 32.1 Å². The zero-order valence-electron chi connectivity index (χ0n) is 24.2. The molecule has 0 amide bonds. The van der Waals surface area contributed by atoms with Crippen molar-refractivity contribution in [3.8, 4) is 5.75 Å². The normalized spacial score (nSPS) is 18.2. The molecule has 1 atom stereocenters. The van der Waals surface area contributed by atoms with Gasteiger partial charge in [0, 0.05) is 30.4 Å². The highest BCUT2D eigenvalue weighted by molar-refractivity contribution is 5.66. The van der Waals surface area contributed by atoms with Crippen molar-refractivity contribution in [3.63, 3.8) is 0 Å². The Bertz CT molecular complexity index is 989. The van der Waals surface area contributed by atoms with Crippen LogP contribution in [0.5, 0.6) is 5.75 Å². The summed E-state index contributed by atoms with van der Waals surface area (Å²) in [7, 11) is 2.13. The van der Waals surface area contributed by atoms with Crippen molar-refractivity contribution < 1.29 is 5.11 Å². The summed E-state index contributed by atoms with van der Waals surface area (Å²) in [5, 5.41) is 10.1. The Morgan fingerprint density at radius 1 is 1.11 bits per heavy atom. The van der Waals surface area contributed by atoms with E-state index in [9.17, 15) is 5.11 Å². The summed E-state index contributed by atoms with van der Waals surface area (Å²) in [6.45, 7) is 24.8. The van der Waals surface area contributed by atoms with E-state index in [1.165, 1.54) is 28.8 Å². The highest BCUT2D eigenvalue weighted by atomic mass is 16.3. The van der Waals surface area contributed by atoms with Crippen LogP contribution in [0.25, 0.3) is 0 Å². The highest BCUT2D eigenvalue weighted by Crippen LogP contribution is 2.40. The number of nitrogens with zero attached hydrogens (tertiary/aromatic N) is 2. The van der Waals surface area contributed by atoms with Crippen molar-refractivity contribution in [2.75, 3.05) is 18.5 Å². The zero-order chi connectivity index (χ0) is 27.3. The predicted octanol–water partition coefficient (Wildman–Crippen LogP) is 9.31. The van der Waals surface area contributed by atoms with E-state index < -0.39 is 0 Å². The monoisotopic (exact) mass is 490 g/mol. The van der Waals surface area contributed by atoms with E-state index in [-0.39, 0.29) is 0 Å². The molecule has 1 N–H and O–H groups in total. The number of likely N-dealkylation sites (N-methyl/N-ethyl adjacent to an activating group) is 1. The van der Waals surface area contributed by atoms with Crippen molar-refractivity contribution >= 4 is 5.69 Å². The van der Waals surface area contributed by atoms with Gasteiger partial charge in [0.05, 0.1) is 5.69 Å². The van der Waals surface area contributed by atoms with Crippen molar-refractivity contribution in [3.05, 3.63) is 95.4 Å². The van der Waals surface area contributed by atoms with E-state index in [2.05, 4.69) is 82.9 Å². The van der Waals surface area contributed by atoms with Gasteiger partial charge in [-0.25, -0.2) is 0 Å². The lowest BCUT2D eigenvalue weighted by Gasteiger charge is -2.36. The molecular formula is C33H50N2O. The zero-order valence-corrected chi connectivity index (χ0v) is 24.2. The molecule has 0 aromatic heterocycles. The third-order valence-electron chi connectivity index (χ3n) is 6.28.